The number of benzene rings is 1. The second-order valence-corrected chi connectivity index (χ2v) is 8.58. The second kappa shape index (κ2) is 14.0. The summed E-state index contributed by atoms with van der Waals surface area (Å²) in [5.41, 5.74) is 7.32. The van der Waals surface area contributed by atoms with E-state index in [2.05, 4.69) is 25.9 Å². The van der Waals surface area contributed by atoms with E-state index in [0.29, 0.717) is 17.9 Å². The molecule has 0 aliphatic heterocycles. The van der Waals surface area contributed by atoms with Gasteiger partial charge in [-0.2, -0.15) is 11.8 Å². The molecule has 1 aromatic heterocycles. The number of H-pyrrole nitrogens is 1. The molecule has 34 heavy (non-hydrogen) atoms. The van der Waals surface area contributed by atoms with E-state index in [4.69, 9.17) is 10.8 Å². The van der Waals surface area contributed by atoms with Gasteiger partial charge in [0.25, 0.3) is 0 Å². The first-order chi connectivity index (χ1) is 16.3. The molecule has 0 aliphatic rings. The Morgan fingerprint density at radius 3 is 2.35 bits per heavy atom. The Kier molecular flexibility index (Phi) is 11.1. The molecule has 11 nitrogen and oxygen atoms in total. The van der Waals surface area contributed by atoms with Crippen molar-refractivity contribution in [2.45, 2.75) is 37.4 Å². The molecule has 0 radical (unpaired) electrons. The highest BCUT2D eigenvalue weighted by Gasteiger charge is 2.29. The van der Waals surface area contributed by atoms with Gasteiger partial charge in [-0.3, -0.25) is 19.2 Å². The minimum absolute atomic E-state index is 0.0988. The van der Waals surface area contributed by atoms with E-state index in [9.17, 15) is 19.2 Å². The van der Waals surface area contributed by atoms with Crippen LogP contribution in [0.5, 0.6) is 0 Å². The van der Waals surface area contributed by atoms with Gasteiger partial charge in [-0.1, -0.05) is 30.3 Å². The number of carboxylic acids is 1. The first-order valence-electron chi connectivity index (χ1n) is 10.7. The maximum atomic E-state index is 13.2. The van der Waals surface area contributed by atoms with Crippen molar-refractivity contribution in [2.24, 2.45) is 5.73 Å². The van der Waals surface area contributed by atoms with E-state index in [1.54, 1.807) is 36.0 Å². The van der Waals surface area contributed by atoms with Gasteiger partial charge in [0.1, 0.15) is 18.6 Å². The lowest BCUT2D eigenvalue weighted by molar-refractivity contribution is -0.138. The van der Waals surface area contributed by atoms with Crippen molar-refractivity contribution in [3.8, 4) is 0 Å². The molecule has 1 aromatic carbocycles. The summed E-state index contributed by atoms with van der Waals surface area (Å²) in [7, 11) is 0. The second-order valence-electron chi connectivity index (χ2n) is 7.59. The van der Waals surface area contributed by atoms with Crippen molar-refractivity contribution in [3.63, 3.8) is 0 Å². The van der Waals surface area contributed by atoms with Crippen LogP contribution in [0.15, 0.2) is 42.9 Å². The number of carboxylic acid groups (broad SMARTS) is 1. The van der Waals surface area contributed by atoms with Crippen LogP contribution in [-0.2, 0) is 32.0 Å². The highest BCUT2D eigenvalue weighted by molar-refractivity contribution is 7.98. The number of carbonyl (C=O) groups is 4. The van der Waals surface area contributed by atoms with Crippen LogP contribution >= 0.6 is 11.8 Å². The highest BCUT2D eigenvalue weighted by Crippen LogP contribution is 2.06. The van der Waals surface area contributed by atoms with Gasteiger partial charge in [0.2, 0.25) is 17.7 Å². The number of imidazole rings is 1. The fourth-order valence-electron chi connectivity index (χ4n) is 3.10. The largest absolute Gasteiger partial charge is 0.480 e. The molecule has 2 rings (SSSR count). The summed E-state index contributed by atoms with van der Waals surface area (Å²) >= 11 is 1.56. The summed E-state index contributed by atoms with van der Waals surface area (Å²) in [6.45, 7) is -0.585. The van der Waals surface area contributed by atoms with Crippen molar-refractivity contribution in [1.82, 2.24) is 25.9 Å². The molecule has 0 fully saturated rings. The smallest absolute Gasteiger partial charge is 0.322 e. The fraction of sp³-hybridized carbons (Fsp3) is 0.409. The average molecular weight is 491 g/mol. The van der Waals surface area contributed by atoms with Gasteiger partial charge < -0.3 is 31.8 Å². The van der Waals surface area contributed by atoms with Crippen molar-refractivity contribution < 1.29 is 24.3 Å². The van der Waals surface area contributed by atoms with Crippen molar-refractivity contribution >= 4 is 35.5 Å². The maximum absolute atomic E-state index is 13.2. The molecule has 12 heteroatoms. The standard InChI is InChI=1S/C22H30N6O5S/c1-34-8-7-16(23)20(31)27-18(10-15-11-24-13-26-15)22(33)28-17(21(32)25-12-19(29)30)9-14-5-3-2-4-6-14/h2-6,11,13,16-18H,7-10,12,23H2,1H3,(H,24,26)(H,25,32)(H,27,31)(H,28,33)(H,29,30). The Morgan fingerprint density at radius 2 is 1.74 bits per heavy atom. The number of rotatable bonds is 14. The summed E-state index contributed by atoms with van der Waals surface area (Å²) in [5, 5.41) is 16.5. The number of amides is 3. The van der Waals surface area contributed by atoms with Gasteiger partial charge in [-0.05, 0) is 24.0 Å². The zero-order valence-corrected chi connectivity index (χ0v) is 19.6. The zero-order chi connectivity index (χ0) is 24.9. The lowest BCUT2D eigenvalue weighted by Crippen LogP contribution is -2.57. The fourth-order valence-corrected chi connectivity index (χ4v) is 3.59. The van der Waals surface area contributed by atoms with Crippen molar-refractivity contribution in [2.75, 3.05) is 18.6 Å². The van der Waals surface area contributed by atoms with Crippen LogP contribution in [-0.4, -0.2) is 75.4 Å². The number of carbonyl (C=O) groups excluding carboxylic acids is 3. The number of hydrogen-bond acceptors (Lipinski definition) is 7. The third-order valence-corrected chi connectivity index (χ3v) is 5.56. The van der Waals surface area contributed by atoms with E-state index in [0.717, 1.165) is 5.56 Å². The number of nitrogens with one attached hydrogen (secondary N) is 4. The molecule has 2 aromatic rings. The summed E-state index contributed by atoms with van der Waals surface area (Å²) in [6, 6.07) is 6.11. The highest BCUT2D eigenvalue weighted by atomic mass is 32.2. The molecule has 1 heterocycles. The van der Waals surface area contributed by atoms with Crippen LogP contribution in [0.1, 0.15) is 17.7 Å². The predicted molar refractivity (Wildman–Crippen MR) is 128 cm³/mol. The Balaban J connectivity index is 2.17. The van der Waals surface area contributed by atoms with Gasteiger partial charge in [0.05, 0.1) is 12.4 Å². The van der Waals surface area contributed by atoms with E-state index < -0.39 is 48.4 Å². The third kappa shape index (κ3) is 9.24. The molecule has 0 saturated carbocycles. The lowest BCUT2D eigenvalue weighted by atomic mass is 10.0. The van der Waals surface area contributed by atoms with E-state index in [1.807, 2.05) is 12.3 Å². The summed E-state index contributed by atoms with van der Waals surface area (Å²) < 4.78 is 0. The predicted octanol–water partition coefficient (Wildman–Crippen LogP) is -0.554. The maximum Gasteiger partial charge on any atom is 0.322 e. The molecular formula is C22H30N6O5S. The Bertz CT molecular complexity index is 941. The Labute approximate surface area is 201 Å². The van der Waals surface area contributed by atoms with Gasteiger partial charge in [-0.25, -0.2) is 4.98 Å². The first-order valence-corrected chi connectivity index (χ1v) is 12.1. The minimum Gasteiger partial charge on any atom is -0.480 e. The molecule has 3 amide bonds. The normalized spacial score (nSPS) is 13.4. The Hall–Kier alpha value is -3.38. The molecule has 0 spiro atoms. The molecule has 3 atom stereocenters. The number of aromatic nitrogens is 2. The van der Waals surface area contributed by atoms with E-state index >= 15 is 0 Å². The number of aliphatic carboxylic acids is 1. The SMILES string of the molecule is CSCCC(N)C(=O)NC(Cc1cnc[nH]1)C(=O)NC(Cc1ccccc1)C(=O)NCC(=O)O. The zero-order valence-electron chi connectivity index (χ0n) is 18.8. The monoisotopic (exact) mass is 490 g/mol. The first kappa shape index (κ1) is 26.9. The molecule has 184 valence electrons. The summed E-state index contributed by atoms with van der Waals surface area (Å²) in [4.78, 5) is 56.1. The third-order valence-electron chi connectivity index (χ3n) is 4.91. The molecule has 3 unspecified atom stereocenters. The van der Waals surface area contributed by atoms with Crippen LogP contribution in [0.25, 0.3) is 0 Å². The number of nitrogens with zero attached hydrogens (tertiary/aromatic N) is 1. The van der Waals surface area contributed by atoms with Crippen LogP contribution < -0.4 is 21.7 Å². The Morgan fingerprint density at radius 1 is 1.06 bits per heavy atom. The van der Waals surface area contributed by atoms with E-state index in [-0.39, 0.29) is 12.8 Å². The average Bonchev–Trinajstić information content (AvgIpc) is 3.33. The number of nitrogens with two attached hydrogens (primary N) is 1. The summed E-state index contributed by atoms with van der Waals surface area (Å²) in [5.74, 6) is -2.26. The van der Waals surface area contributed by atoms with Crippen molar-refractivity contribution in [3.05, 3.63) is 54.1 Å². The number of thioether (sulfide) groups is 1. The van der Waals surface area contributed by atoms with Crippen LogP contribution in [0.2, 0.25) is 0 Å². The van der Waals surface area contributed by atoms with Crippen LogP contribution in [0.4, 0.5) is 0 Å². The van der Waals surface area contributed by atoms with Crippen molar-refractivity contribution in [1.29, 1.82) is 0 Å². The number of aromatic amines is 1. The molecule has 7 N–H and O–H groups in total. The van der Waals surface area contributed by atoms with E-state index in [1.165, 1.54) is 12.5 Å². The molecule has 0 bridgehead atoms. The van der Waals surface area contributed by atoms with Gasteiger partial charge in [-0.15, -0.1) is 0 Å². The molecule has 0 aliphatic carbocycles. The minimum atomic E-state index is -1.21. The van der Waals surface area contributed by atoms with Crippen LogP contribution in [0.3, 0.4) is 0 Å². The van der Waals surface area contributed by atoms with Gasteiger partial charge >= 0.3 is 5.97 Å². The topological polar surface area (TPSA) is 179 Å². The quantitative estimate of drug-likeness (QED) is 0.204. The summed E-state index contributed by atoms with van der Waals surface area (Å²) in [6.07, 6.45) is 5.56. The van der Waals surface area contributed by atoms with Gasteiger partial charge in [0, 0.05) is 24.7 Å². The van der Waals surface area contributed by atoms with Crippen LogP contribution in [0, 0.1) is 0 Å². The van der Waals surface area contributed by atoms with Gasteiger partial charge in [0.15, 0.2) is 0 Å². The molecule has 0 saturated heterocycles. The molecular weight excluding hydrogens is 460 g/mol. The lowest BCUT2D eigenvalue weighted by Gasteiger charge is -2.24. The number of hydrogen-bond donors (Lipinski definition) is 6.